The lowest BCUT2D eigenvalue weighted by atomic mass is 9.86. The number of carbonyl (C=O) groups is 2. The summed E-state index contributed by atoms with van der Waals surface area (Å²) in [5.74, 6) is -0.493. The molecule has 3 aromatic carbocycles. The fraction of sp³-hybridized carbons (Fsp3) is 0.200. The summed E-state index contributed by atoms with van der Waals surface area (Å²) >= 11 is 0. The quantitative estimate of drug-likeness (QED) is 0.616. The minimum atomic E-state index is -0.649. The van der Waals surface area contributed by atoms with E-state index in [-0.39, 0.29) is 17.2 Å². The third kappa shape index (κ3) is 5.32. The van der Waals surface area contributed by atoms with Crippen molar-refractivity contribution < 1.29 is 9.59 Å². The zero-order valence-corrected chi connectivity index (χ0v) is 17.0. The summed E-state index contributed by atoms with van der Waals surface area (Å²) in [6.07, 6.45) is -0.649. The zero-order chi connectivity index (χ0) is 20.9. The van der Waals surface area contributed by atoms with Crippen LogP contribution in [0, 0.1) is 0 Å². The number of amides is 2. The largest absolute Gasteiger partial charge is 0.328 e. The Balaban J connectivity index is 1.86. The number of carbonyl (C=O) groups excluding carboxylic acids is 2. The molecule has 0 aromatic heterocycles. The molecule has 0 fully saturated rings. The Hall–Kier alpha value is -3.40. The van der Waals surface area contributed by atoms with Crippen molar-refractivity contribution in [1.29, 1.82) is 0 Å². The minimum absolute atomic E-state index is 0.0224. The van der Waals surface area contributed by atoms with Crippen LogP contribution in [0.15, 0.2) is 84.9 Å². The van der Waals surface area contributed by atoms with Gasteiger partial charge in [0.05, 0.1) is 0 Å². The van der Waals surface area contributed by atoms with Crippen molar-refractivity contribution >= 4 is 11.8 Å². The van der Waals surface area contributed by atoms with Crippen molar-refractivity contribution in [3.8, 4) is 0 Å². The molecular formula is C25H26N2O2. The third-order valence-corrected chi connectivity index (χ3v) is 4.73. The molecule has 4 nitrogen and oxygen atoms in total. The zero-order valence-electron chi connectivity index (χ0n) is 17.0. The summed E-state index contributed by atoms with van der Waals surface area (Å²) in [6.45, 7) is 6.44. The predicted octanol–water partition coefficient (Wildman–Crippen LogP) is 4.84. The molecule has 4 heteroatoms. The van der Waals surface area contributed by atoms with Crippen molar-refractivity contribution in [2.24, 2.45) is 0 Å². The molecule has 0 saturated carbocycles. The van der Waals surface area contributed by atoms with Crippen LogP contribution in [0.4, 0.5) is 0 Å². The maximum atomic E-state index is 12.7. The van der Waals surface area contributed by atoms with Crippen molar-refractivity contribution in [1.82, 2.24) is 10.6 Å². The van der Waals surface area contributed by atoms with Gasteiger partial charge in [-0.1, -0.05) is 81.4 Å². The second-order valence-electron chi connectivity index (χ2n) is 7.98. The van der Waals surface area contributed by atoms with E-state index in [2.05, 4.69) is 31.4 Å². The molecule has 29 heavy (non-hydrogen) atoms. The molecule has 0 radical (unpaired) electrons. The first kappa shape index (κ1) is 20.3. The highest BCUT2D eigenvalue weighted by Gasteiger charge is 2.20. The maximum absolute atomic E-state index is 12.7. The first-order valence-corrected chi connectivity index (χ1v) is 9.67. The van der Waals surface area contributed by atoms with E-state index in [1.165, 1.54) is 5.56 Å². The molecule has 0 heterocycles. The third-order valence-electron chi connectivity index (χ3n) is 4.73. The van der Waals surface area contributed by atoms with Gasteiger partial charge in [0.25, 0.3) is 11.8 Å². The number of rotatable bonds is 5. The van der Waals surface area contributed by atoms with E-state index in [1.807, 2.05) is 60.7 Å². The van der Waals surface area contributed by atoms with Gasteiger partial charge in [0.15, 0.2) is 0 Å². The van der Waals surface area contributed by atoms with Gasteiger partial charge in [-0.3, -0.25) is 9.59 Å². The number of hydrogen-bond donors (Lipinski definition) is 2. The molecule has 0 unspecified atom stereocenters. The van der Waals surface area contributed by atoms with Gasteiger partial charge in [0.2, 0.25) is 0 Å². The second-order valence-corrected chi connectivity index (χ2v) is 7.98. The first-order chi connectivity index (χ1) is 13.8. The van der Waals surface area contributed by atoms with Gasteiger partial charge in [-0.25, -0.2) is 0 Å². The van der Waals surface area contributed by atoms with Crippen LogP contribution in [0.2, 0.25) is 0 Å². The molecule has 2 N–H and O–H groups in total. The maximum Gasteiger partial charge on any atom is 0.253 e. The number of hydrogen-bond acceptors (Lipinski definition) is 2. The normalized spacial score (nSPS) is 11.2. The summed E-state index contributed by atoms with van der Waals surface area (Å²) in [4.78, 5) is 25.4. The molecule has 3 aromatic rings. The van der Waals surface area contributed by atoms with Gasteiger partial charge in [0.1, 0.15) is 6.17 Å². The predicted molar refractivity (Wildman–Crippen MR) is 116 cm³/mol. The average Bonchev–Trinajstić information content (AvgIpc) is 2.74. The van der Waals surface area contributed by atoms with Crippen molar-refractivity contribution in [2.45, 2.75) is 32.4 Å². The minimum Gasteiger partial charge on any atom is -0.328 e. The molecule has 0 atom stereocenters. The molecule has 0 aliphatic heterocycles. The Morgan fingerprint density at radius 3 is 1.45 bits per heavy atom. The SMILES string of the molecule is CC(C)(C)c1ccc(C(NC(=O)c2ccccc2)NC(=O)c2ccccc2)cc1. The molecule has 0 saturated heterocycles. The lowest BCUT2D eigenvalue weighted by Crippen LogP contribution is -2.41. The Morgan fingerprint density at radius 2 is 1.07 bits per heavy atom. The Bertz CT molecular complexity index is 906. The van der Waals surface area contributed by atoms with Gasteiger partial charge in [0, 0.05) is 11.1 Å². The second kappa shape index (κ2) is 8.74. The van der Waals surface area contributed by atoms with Crippen LogP contribution in [-0.2, 0) is 5.41 Å². The van der Waals surface area contributed by atoms with E-state index in [1.54, 1.807) is 24.3 Å². The summed E-state index contributed by atoms with van der Waals surface area (Å²) in [7, 11) is 0. The topological polar surface area (TPSA) is 58.2 Å². The van der Waals surface area contributed by atoms with Crippen LogP contribution in [-0.4, -0.2) is 11.8 Å². The molecule has 148 valence electrons. The summed E-state index contributed by atoms with van der Waals surface area (Å²) in [6, 6.07) is 25.9. The number of benzene rings is 3. The fourth-order valence-corrected chi connectivity index (χ4v) is 2.99. The molecule has 3 rings (SSSR count). The van der Waals surface area contributed by atoms with Crippen molar-refractivity contribution in [3.05, 3.63) is 107 Å². The van der Waals surface area contributed by atoms with Gasteiger partial charge in [-0.05, 0) is 40.8 Å². The standard InChI is InChI=1S/C25H26N2O2/c1-25(2,3)21-16-14-18(15-17-21)22(26-23(28)19-10-6-4-7-11-19)27-24(29)20-12-8-5-9-13-20/h4-17,22H,1-3H3,(H,26,28)(H,27,29). The highest BCUT2D eigenvalue weighted by Crippen LogP contribution is 2.24. The Labute approximate surface area is 172 Å². The number of nitrogens with one attached hydrogen (secondary N) is 2. The smallest absolute Gasteiger partial charge is 0.253 e. The van der Waals surface area contributed by atoms with Crippen LogP contribution in [0.25, 0.3) is 0 Å². The highest BCUT2D eigenvalue weighted by atomic mass is 16.2. The van der Waals surface area contributed by atoms with Crippen LogP contribution in [0.5, 0.6) is 0 Å². The van der Waals surface area contributed by atoms with Crippen LogP contribution in [0.1, 0.15) is 58.8 Å². The van der Waals surface area contributed by atoms with Crippen molar-refractivity contribution in [2.75, 3.05) is 0 Å². The van der Waals surface area contributed by atoms with Gasteiger partial charge in [-0.15, -0.1) is 0 Å². The lowest BCUT2D eigenvalue weighted by molar-refractivity contribution is 0.0883. The summed E-state index contributed by atoms with van der Waals surface area (Å²) in [5, 5.41) is 5.88. The molecule has 0 aliphatic rings. The van der Waals surface area contributed by atoms with E-state index in [4.69, 9.17) is 0 Å². The first-order valence-electron chi connectivity index (χ1n) is 9.67. The summed E-state index contributed by atoms with van der Waals surface area (Å²) in [5.41, 5.74) is 3.10. The van der Waals surface area contributed by atoms with Crippen LogP contribution in [0.3, 0.4) is 0 Å². The Morgan fingerprint density at radius 1 is 0.655 bits per heavy atom. The average molecular weight is 386 g/mol. The van der Waals surface area contributed by atoms with E-state index in [0.29, 0.717) is 11.1 Å². The molecule has 0 bridgehead atoms. The van der Waals surface area contributed by atoms with E-state index >= 15 is 0 Å². The van der Waals surface area contributed by atoms with Gasteiger partial charge >= 0.3 is 0 Å². The summed E-state index contributed by atoms with van der Waals surface area (Å²) < 4.78 is 0. The van der Waals surface area contributed by atoms with E-state index in [9.17, 15) is 9.59 Å². The van der Waals surface area contributed by atoms with E-state index in [0.717, 1.165) is 5.56 Å². The van der Waals surface area contributed by atoms with Crippen LogP contribution >= 0.6 is 0 Å². The molecule has 2 amide bonds. The lowest BCUT2D eigenvalue weighted by Gasteiger charge is -2.23. The highest BCUT2D eigenvalue weighted by molar-refractivity contribution is 5.96. The van der Waals surface area contributed by atoms with Gasteiger partial charge in [-0.2, -0.15) is 0 Å². The Kier molecular flexibility index (Phi) is 6.13. The van der Waals surface area contributed by atoms with Crippen LogP contribution < -0.4 is 10.6 Å². The van der Waals surface area contributed by atoms with Crippen molar-refractivity contribution in [3.63, 3.8) is 0 Å². The molecular weight excluding hydrogens is 360 g/mol. The monoisotopic (exact) mass is 386 g/mol. The molecule has 0 spiro atoms. The van der Waals surface area contributed by atoms with Gasteiger partial charge < -0.3 is 10.6 Å². The van der Waals surface area contributed by atoms with E-state index < -0.39 is 6.17 Å². The fourth-order valence-electron chi connectivity index (χ4n) is 2.99. The molecule has 0 aliphatic carbocycles.